The highest BCUT2D eigenvalue weighted by Gasteiger charge is 2.23. The number of nitrogens with zero attached hydrogens (tertiary/aromatic N) is 2. The molecule has 0 aliphatic carbocycles. The molecule has 0 bridgehead atoms. The predicted octanol–water partition coefficient (Wildman–Crippen LogP) is 3.12. The number of piperazine rings is 1. The molecule has 1 atom stereocenters. The highest BCUT2D eigenvalue weighted by atomic mass is 16.3. The molecular weight excluding hydrogens is 248 g/mol. The summed E-state index contributed by atoms with van der Waals surface area (Å²) in [5.41, 5.74) is 1.32. The van der Waals surface area contributed by atoms with Gasteiger partial charge in [-0.3, -0.25) is 4.90 Å². The second kappa shape index (κ2) is 7.09. The summed E-state index contributed by atoms with van der Waals surface area (Å²) < 4.78 is 0. The van der Waals surface area contributed by atoms with Gasteiger partial charge in [0.25, 0.3) is 0 Å². The van der Waals surface area contributed by atoms with Crippen molar-refractivity contribution in [1.29, 1.82) is 0 Å². The number of hydrogen-bond donors (Lipinski definition) is 1. The Hall–Kier alpha value is -1.06. The van der Waals surface area contributed by atoms with Crippen LogP contribution in [-0.2, 0) is 0 Å². The highest BCUT2D eigenvalue weighted by molar-refractivity contribution is 5.28. The second-order valence-corrected chi connectivity index (χ2v) is 6.25. The molecule has 1 fully saturated rings. The van der Waals surface area contributed by atoms with Gasteiger partial charge in [-0.15, -0.1) is 0 Å². The molecule has 3 nitrogen and oxygen atoms in total. The first-order chi connectivity index (χ1) is 9.60. The molecule has 0 aromatic heterocycles. The molecule has 3 heteroatoms. The van der Waals surface area contributed by atoms with Crippen LogP contribution < -0.4 is 0 Å². The molecule has 1 saturated heterocycles. The summed E-state index contributed by atoms with van der Waals surface area (Å²) in [4.78, 5) is 5.16. The van der Waals surface area contributed by atoms with Crippen LogP contribution >= 0.6 is 0 Å². The van der Waals surface area contributed by atoms with Gasteiger partial charge in [-0.2, -0.15) is 0 Å². The third-order valence-electron chi connectivity index (χ3n) is 4.14. The molecule has 1 aromatic carbocycles. The van der Waals surface area contributed by atoms with E-state index in [4.69, 9.17) is 0 Å². The highest BCUT2D eigenvalue weighted by Crippen LogP contribution is 2.26. The zero-order valence-electron chi connectivity index (χ0n) is 13.0. The Morgan fingerprint density at radius 1 is 1.05 bits per heavy atom. The molecule has 1 aliphatic heterocycles. The first kappa shape index (κ1) is 15.3. The van der Waals surface area contributed by atoms with Gasteiger partial charge in [-0.25, -0.2) is 0 Å². The Bertz CT molecular complexity index is 394. The van der Waals surface area contributed by atoms with Crippen molar-refractivity contribution in [2.24, 2.45) is 5.92 Å². The van der Waals surface area contributed by atoms with Crippen LogP contribution in [0.3, 0.4) is 0 Å². The molecule has 2 rings (SSSR count). The zero-order valence-corrected chi connectivity index (χ0v) is 13.0. The van der Waals surface area contributed by atoms with E-state index < -0.39 is 0 Å². The molecule has 20 heavy (non-hydrogen) atoms. The molecule has 0 spiro atoms. The summed E-state index contributed by atoms with van der Waals surface area (Å²) in [7, 11) is 0. The van der Waals surface area contributed by atoms with Crippen LogP contribution in [0, 0.1) is 5.92 Å². The quantitative estimate of drug-likeness (QED) is 0.895. The Morgan fingerprint density at radius 3 is 2.15 bits per heavy atom. The van der Waals surface area contributed by atoms with Gasteiger partial charge in [0, 0.05) is 38.8 Å². The number of rotatable bonds is 5. The molecule has 1 heterocycles. The number of aromatic hydroxyl groups is 1. The van der Waals surface area contributed by atoms with E-state index in [-0.39, 0.29) is 0 Å². The zero-order chi connectivity index (χ0) is 14.5. The predicted molar refractivity (Wildman–Crippen MR) is 84.0 cm³/mol. The van der Waals surface area contributed by atoms with Crippen molar-refractivity contribution in [3.8, 4) is 5.75 Å². The van der Waals surface area contributed by atoms with E-state index >= 15 is 0 Å². The fraction of sp³-hybridized carbons (Fsp3) is 0.647. The number of hydrogen-bond acceptors (Lipinski definition) is 3. The molecule has 0 saturated carbocycles. The van der Waals surface area contributed by atoms with Gasteiger partial charge in [0.05, 0.1) is 0 Å². The average Bonchev–Trinajstić information content (AvgIpc) is 2.43. The number of phenols is 1. The summed E-state index contributed by atoms with van der Waals surface area (Å²) in [5.74, 6) is 1.10. The Kier molecular flexibility index (Phi) is 5.44. The summed E-state index contributed by atoms with van der Waals surface area (Å²) in [6.45, 7) is 12.7. The van der Waals surface area contributed by atoms with Crippen molar-refractivity contribution in [2.75, 3.05) is 32.7 Å². The van der Waals surface area contributed by atoms with Gasteiger partial charge in [0.1, 0.15) is 5.75 Å². The molecule has 1 N–H and O–H groups in total. The van der Waals surface area contributed by atoms with Gasteiger partial charge in [-0.05, 0) is 30.0 Å². The lowest BCUT2D eigenvalue weighted by Gasteiger charge is -2.39. The lowest BCUT2D eigenvalue weighted by atomic mass is 10.0. The lowest BCUT2D eigenvalue weighted by molar-refractivity contribution is 0.0869. The van der Waals surface area contributed by atoms with Crippen molar-refractivity contribution >= 4 is 0 Å². The monoisotopic (exact) mass is 276 g/mol. The van der Waals surface area contributed by atoms with Gasteiger partial charge in [0.2, 0.25) is 0 Å². The van der Waals surface area contributed by atoms with Crippen molar-refractivity contribution in [3.05, 3.63) is 29.8 Å². The topological polar surface area (TPSA) is 26.7 Å². The maximum absolute atomic E-state index is 9.42. The molecular formula is C17H28N2O. The Balaban J connectivity index is 1.95. The minimum absolute atomic E-state index is 0.352. The van der Waals surface area contributed by atoms with Crippen LogP contribution in [0.15, 0.2) is 24.3 Å². The van der Waals surface area contributed by atoms with Crippen LogP contribution in [0.4, 0.5) is 0 Å². The van der Waals surface area contributed by atoms with E-state index in [2.05, 4.69) is 42.7 Å². The smallest absolute Gasteiger partial charge is 0.115 e. The standard InChI is InChI=1S/C17H28N2O/c1-4-17(15-5-7-16(20)8-6-15)19-11-9-18(10-12-19)13-14(2)3/h5-8,14,17,20H,4,9-13H2,1-3H3. The third-order valence-corrected chi connectivity index (χ3v) is 4.14. The fourth-order valence-corrected chi connectivity index (χ4v) is 3.18. The van der Waals surface area contributed by atoms with Crippen LogP contribution in [0.2, 0.25) is 0 Å². The van der Waals surface area contributed by atoms with E-state index in [9.17, 15) is 5.11 Å². The van der Waals surface area contributed by atoms with E-state index in [0.29, 0.717) is 11.8 Å². The van der Waals surface area contributed by atoms with Crippen LogP contribution in [0.1, 0.15) is 38.8 Å². The van der Waals surface area contributed by atoms with Crippen molar-refractivity contribution in [2.45, 2.75) is 33.2 Å². The minimum Gasteiger partial charge on any atom is -0.508 e. The first-order valence-corrected chi connectivity index (χ1v) is 7.85. The lowest BCUT2D eigenvalue weighted by Crippen LogP contribution is -2.48. The van der Waals surface area contributed by atoms with E-state index in [0.717, 1.165) is 25.4 Å². The Morgan fingerprint density at radius 2 is 1.65 bits per heavy atom. The first-order valence-electron chi connectivity index (χ1n) is 7.85. The van der Waals surface area contributed by atoms with Gasteiger partial charge >= 0.3 is 0 Å². The summed E-state index contributed by atoms with van der Waals surface area (Å²) in [6.07, 6.45) is 1.12. The Labute approximate surface area is 123 Å². The molecule has 0 radical (unpaired) electrons. The maximum atomic E-state index is 9.42. The van der Waals surface area contributed by atoms with Crippen LogP contribution in [-0.4, -0.2) is 47.6 Å². The summed E-state index contributed by atoms with van der Waals surface area (Å²) in [5, 5.41) is 9.42. The number of benzene rings is 1. The molecule has 1 unspecified atom stereocenters. The third kappa shape index (κ3) is 3.97. The van der Waals surface area contributed by atoms with Gasteiger partial charge < -0.3 is 10.0 Å². The molecule has 1 aromatic rings. The number of phenolic OH excluding ortho intramolecular Hbond substituents is 1. The second-order valence-electron chi connectivity index (χ2n) is 6.25. The SMILES string of the molecule is CCC(c1ccc(O)cc1)N1CCN(CC(C)C)CC1. The average molecular weight is 276 g/mol. The molecule has 0 amide bonds. The maximum Gasteiger partial charge on any atom is 0.115 e. The van der Waals surface area contributed by atoms with Crippen LogP contribution in [0.5, 0.6) is 5.75 Å². The van der Waals surface area contributed by atoms with Crippen LogP contribution in [0.25, 0.3) is 0 Å². The fourth-order valence-electron chi connectivity index (χ4n) is 3.18. The molecule has 1 aliphatic rings. The van der Waals surface area contributed by atoms with E-state index in [1.807, 2.05) is 0 Å². The van der Waals surface area contributed by atoms with Gasteiger partial charge in [-0.1, -0.05) is 32.9 Å². The largest absolute Gasteiger partial charge is 0.508 e. The summed E-state index contributed by atoms with van der Waals surface area (Å²) >= 11 is 0. The van der Waals surface area contributed by atoms with E-state index in [1.165, 1.54) is 25.2 Å². The van der Waals surface area contributed by atoms with Crippen molar-refractivity contribution in [3.63, 3.8) is 0 Å². The van der Waals surface area contributed by atoms with Crippen molar-refractivity contribution in [1.82, 2.24) is 9.80 Å². The minimum atomic E-state index is 0.352. The van der Waals surface area contributed by atoms with E-state index in [1.54, 1.807) is 12.1 Å². The summed E-state index contributed by atoms with van der Waals surface area (Å²) in [6, 6.07) is 8.20. The van der Waals surface area contributed by atoms with Crippen molar-refractivity contribution < 1.29 is 5.11 Å². The normalized spacial score (nSPS) is 19.4. The van der Waals surface area contributed by atoms with Gasteiger partial charge in [0.15, 0.2) is 0 Å². The molecule has 112 valence electrons.